The highest BCUT2D eigenvalue weighted by Crippen LogP contribution is 2.43. The lowest BCUT2D eigenvalue weighted by Gasteiger charge is -2.12. The average molecular weight is 1770 g/mol. The number of rotatable bonds is 9. The zero-order valence-electron chi connectivity index (χ0n) is 74.0. The largest absolute Gasteiger partial charge is 0.278 e. The quantitative estimate of drug-likeness (QED) is 0.134. The molecule has 0 aliphatic carbocycles. The number of hydrogen-bond donors (Lipinski definition) is 0. The molecule has 138 heavy (non-hydrogen) atoms. The standard InChI is InChI=1S/C35H22N4.3C29H18N4/c1-2-10-26-22-33-29(21-25(26)9-1)27-11-4-6-15-32(27)39(33)35-37-31-14-5-3-12-28(31)34(38-35)24-18-16-23(17-19-24)30-13-7-8-20-36-30;1-2-10-20-18-27-23(17-19(20)9-1)21-11-4-6-15-26(21)33(27)29-31-24-13-5-3-12-22(24)28(32-29)25-14-7-8-16-30-25;1-2-9-20-17-27-24(16-19(20)8-1)22-11-4-6-14-26(22)33(27)29-31-25-13-5-3-12-23(25)28(32-29)21-10-7-15-30-18-21;1-2-8-21-18-27-24(17-20(21)7-1)22-9-4-6-12-26(22)33(27)29-31-25-11-5-3-10-23(25)28(32-29)19-13-15-30-16-14-19/h1-22H;3*1-18H. The number of para-hydroxylation sites is 8. The predicted molar refractivity (Wildman–Crippen MR) is 564 cm³/mol. The minimum atomic E-state index is 0.649. The molecule has 0 N–H and O–H groups in total. The second-order valence-corrected chi connectivity index (χ2v) is 34.3. The number of nitrogens with zero attached hydrogens (tertiary/aromatic N) is 16. The Morgan fingerprint density at radius 1 is 0.152 bits per heavy atom. The molecule has 0 unspecified atom stereocenters. The summed E-state index contributed by atoms with van der Waals surface area (Å²) in [6.07, 6.45) is 10.9. The van der Waals surface area contributed by atoms with Crippen molar-refractivity contribution in [3.05, 3.63) is 462 Å². The lowest BCUT2D eigenvalue weighted by molar-refractivity contribution is 1.01. The minimum absolute atomic E-state index is 0.649. The lowest BCUT2D eigenvalue weighted by Crippen LogP contribution is -2.03. The van der Waals surface area contributed by atoms with Crippen molar-refractivity contribution in [1.29, 1.82) is 0 Å². The third-order valence-electron chi connectivity index (χ3n) is 26.2. The maximum Gasteiger partial charge on any atom is 0.235 e. The van der Waals surface area contributed by atoms with Crippen LogP contribution in [0, 0.1) is 0 Å². The van der Waals surface area contributed by atoms with Gasteiger partial charge < -0.3 is 0 Å². The Kier molecular flexibility index (Phi) is 19.5. The van der Waals surface area contributed by atoms with Gasteiger partial charge in [-0.25, -0.2) is 39.9 Å². The van der Waals surface area contributed by atoms with E-state index in [0.717, 1.165) is 144 Å². The van der Waals surface area contributed by atoms with Crippen molar-refractivity contribution in [2.24, 2.45) is 0 Å². The average Bonchev–Trinajstić information content (AvgIpc) is 1.59. The summed E-state index contributed by atoms with van der Waals surface area (Å²) < 4.78 is 8.75. The van der Waals surface area contributed by atoms with Gasteiger partial charge in [-0.2, -0.15) is 0 Å². The maximum atomic E-state index is 5.23. The van der Waals surface area contributed by atoms with E-state index in [1.165, 1.54) is 86.2 Å². The number of pyridine rings is 4. The summed E-state index contributed by atoms with van der Waals surface area (Å²) in [5, 5.41) is 23.3. The molecular formula is C122H76N16. The van der Waals surface area contributed by atoms with Gasteiger partial charge in [0.1, 0.15) is 5.69 Å². The molecule has 0 bridgehead atoms. The van der Waals surface area contributed by atoms with Crippen LogP contribution in [-0.2, 0) is 0 Å². The van der Waals surface area contributed by atoms with Crippen LogP contribution in [0.5, 0.6) is 0 Å². The Morgan fingerprint density at radius 2 is 0.428 bits per heavy atom. The second kappa shape index (κ2) is 33.6. The van der Waals surface area contributed by atoms with Crippen LogP contribution in [0.3, 0.4) is 0 Å². The zero-order chi connectivity index (χ0) is 91.1. The summed E-state index contributed by atoms with van der Waals surface area (Å²) in [6.45, 7) is 0. The molecule has 644 valence electrons. The summed E-state index contributed by atoms with van der Waals surface area (Å²) in [6, 6.07) is 147. The molecule has 0 spiro atoms. The second-order valence-electron chi connectivity index (χ2n) is 34.3. The first-order valence-electron chi connectivity index (χ1n) is 45.9. The summed E-state index contributed by atoms with van der Waals surface area (Å²) in [5.41, 5.74) is 21.9. The summed E-state index contributed by atoms with van der Waals surface area (Å²) >= 11 is 0. The van der Waals surface area contributed by atoms with Gasteiger partial charge in [0.25, 0.3) is 0 Å². The molecule has 0 fully saturated rings. The van der Waals surface area contributed by atoms with E-state index < -0.39 is 0 Å². The Balaban J connectivity index is 0.0000000953. The van der Waals surface area contributed by atoms with Gasteiger partial charge in [-0.3, -0.25) is 38.2 Å². The van der Waals surface area contributed by atoms with E-state index in [-0.39, 0.29) is 0 Å². The maximum absolute atomic E-state index is 5.23. The number of aromatic nitrogens is 16. The van der Waals surface area contributed by atoms with E-state index in [4.69, 9.17) is 39.9 Å². The highest BCUT2D eigenvalue weighted by atomic mass is 15.2. The van der Waals surface area contributed by atoms with Gasteiger partial charge in [0.15, 0.2) is 0 Å². The first-order valence-corrected chi connectivity index (χ1v) is 45.9. The lowest BCUT2D eigenvalue weighted by atomic mass is 10.0. The van der Waals surface area contributed by atoms with Crippen LogP contribution in [-0.4, -0.2) is 78.1 Å². The van der Waals surface area contributed by atoms with E-state index in [1.807, 2.05) is 134 Å². The Bertz CT molecular complexity index is 9230. The third-order valence-corrected chi connectivity index (χ3v) is 26.2. The number of fused-ring (bicyclic) bond motifs is 20. The van der Waals surface area contributed by atoms with Crippen molar-refractivity contribution in [2.75, 3.05) is 0 Å². The normalized spacial score (nSPS) is 11.6. The van der Waals surface area contributed by atoms with Gasteiger partial charge in [-0.05, 0) is 189 Å². The molecule has 29 rings (SSSR count). The van der Waals surface area contributed by atoms with Gasteiger partial charge in [0.2, 0.25) is 23.8 Å². The number of benzene rings is 17. The monoisotopic (exact) mass is 1760 g/mol. The smallest absolute Gasteiger partial charge is 0.235 e. The highest BCUT2D eigenvalue weighted by molar-refractivity contribution is 6.18. The van der Waals surface area contributed by atoms with Crippen LogP contribution in [0.25, 0.3) is 254 Å². The fourth-order valence-corrected chi connectivity index (χ4v) is 19.8. The third kappa shape index (κ3) is 14.0. The van der Waals surface area contributed by atoms with Crippen LogP contribution < -0.4 is 0 Å². The van der Waals surface area contributed by atoms with Crippen molar-refractivity contribution in [3.8, 4) is 80.2 Å². The van der Waals surface area contributed by atoms with Gasteiger partial charge in [0, 0.05) is 124 Å². The fraction of sp³-hybridized carbons (Fsp3) is 0. The molecule has 0 amide bonds. The van der Waals surface area contributed by atoms with Crippen molar-refractivity contribution < 1.29 is 0 Å². The molecule has 16 heteroatoms. The van der Waals surface area contributed by atoms with E-state index >= 15 is 0 Å². The SMILES string of the molecule is c1ccc(-c2ccc(-c3nc(-n4c5ccccc5c5cc6ccccc6cc54)nc4ccccc34)cc2)nc1.c1ccc(-c2nc(-n3c4ccccc4c4cc5ccccc5cc43)nc3ccccc23)nc1.c1ccc2cc3c(cc2c1)c1ccccc1n3-c1nc(-c2ccncc2)c2ccccc2n1.c1cncc(-c2nc(-n3c4ccccc4c4cc5ccccc5cc43)nc3ccccc23)c1. The van der Waals surface area contributed by atoms with Crippen LogP contribution in [0.1, 0.15) is 0 Å². The van der Waals surface area contributed by atoms with Crippen molar-refractivity contribution in [1.82, 2.24) is 78.1 Å². The van der Waals surface area contributed by atoms with Gasteiger partial charge in [0.05, 0.1) is 94.7 Å². The van der Waals surface area contributed by atoms with Crippen LogP contribution in [0.4, 0.5) is 0 Å². The molecule has 0 saturated heterocycles. The summed E-state index contributed by atoms with van der Waals surface area (Å²) in [4.78, 5) is 58.3. The fourth-order valence-electron chi connectivity index (χ4n) is 19.8. The summed E-state index contributed by atoms with van der Waals surface area (Å²) in [5.74, 6) is 2.64. The number of hydrogen-bond acceptors (Lipinski definition) is 12. The molecule has 29 aromatic rings. The van der Waals surface area contributed by atoms with E-state index in [9.17, 15) is 0 Å². The molecule has 16 nitrogen and oxygen atoms in total. The summed E-state index contributed by atoms with van der Waals surface area (Å²) in [7, 11) is 0. The molecule has 12 heterocycles. The van der Waals surface area contributed by atoms with Crippen molar-refractivity contribution in [3.63, 3.8) is 0 Å². The Hall–Kier alpha value is -19.1. The minimum Gasteiger partial charge on any atom is -0.278 e. The highest BCUT2D eigenvalue weighted by Gasteiger charge is 2.25. The first kappa shape index (κ1) is 79.9. The Morgan fingerprint density at radius 3 is 0.761 bits per heavy atom. The van der Waals surface area contributed by atoms with E-state index in [2.05, 4.69) is 342 Å². The molecule has 0 aliphatic heterocycles. The molecule has 12 aromatic heterocycles. The molecular weight excluding hydrogens is 1690 g/mol. The van der Waals surface area contributed by atoms with E-state index in [0.29, 0.717) is 23.8 Å². The van der Waals surface area contributed by atoms with Crippen LogP contribution in [0.2, 0.25) is 0 Å². The van der Waals surface area contributed by atoms with Crippen molar-refractivity contribution in [2.45, 2.75) is 0 Å². The first-order chi connectivity index (χ1) is 68.4. The molecule has 17 aromatic carbocycles. The van der Waals surface area contributed by atoms with E-state index in [1.54, 1.807) is 24.8 Å². The van der Waals surface area contributed by atoms with Crippen molar-refractivity contribution >= 4 is 174 Å². The van der Waals surface area contributed by atoms with Gasteiger partial charge in [-0.15, -0.1) is 0 Å². The zero-order valence-corrected chi connectivity index (χ0v) is 74.0. The van der Waals surface area contributed by atoms with Gasteiger partial charge in [-0.1, -0.05) is 279 Å². The van der Waals surface area contributed by atoms with Crippen LogP contribution in [0.15, 0.2) is 462 Å². The molecule has 0 radical (unpaired) electrons. The topological polar surface area (TPSA) is 174 Å². The van der Waals surface area contributed by atoms with Crippen LogP contribution >= 0.6 is 0 Å². The van der Waals surface area contributed by atoms with Gasteiger partial charge >= 0.3 is 0 Å². The molecule has 0 atom stereocenters. The Labute approximate surface area is 788 Å². The molecule has 0 aliphatic rings. The molecule has 0 saturated carbocycles. The predicted octanol–water partition coefficient (Wildman–Crippen LogP) is 29.4.